The summed E-state index contributed by atoms with van der Waals surface area (Å²) in [5, 5.41) is 55.7. The molecule has 2 atom stereocenters. The van der Waals surface area contributed by atoms with E-state index >= 15 is 0 Å². The molecule has 3 aliphatic rings. The van der Waals surface area contributed by atoms with Crippen molar-refractivity contribution in [2.45, 2.75) is 64.5 Å². The molecular formula is C28H33N2O6+. The maximum atomic E-state index is 13.4. The number of anilines is 1. The van der Waals surface area contributed by atoms with E-state index in [4.69, 9.17) is 0 Å². The molecule has 0 spiro atoms. The third kappa shape index (κ3) is 2.59. The van der Waals surface area contributed by atoms with Gasteiger partial charge in [0.15, 0.2) is 6.04 Å². The summed E-state index contributed by atoms with van der Waals surface area (Å²) in [6.07, 6.45) is 0. The van der Waals surface area contributed by atoms with Crippen molar-refractivity contribution in [1.82, 2.24) is 4.58 Å². The van der Waals surface area contributed by atoms with Crippen LogP contribution in [0.1, 0.15) is 58.2 Å². The molecule has 1 aliphatic carbocycles. The van der Waals surface area contributed by atoms with Gasteiger partial charge in [-0.2, -0.15) is 0 Å². The zero-order valence-electron chi connectivity index (χ0n) is 21.8. The molecule has 2 unspecified atom stereocenters. The van der Waals surface area contributed by atoms with Crippen LogP contribution in [-0.4, -0.2) is 57.5 Å². The second-order valence-electron chi connectivity index (χ2n) is 11.5. The van der Waals surface area contributed by atoms with Crippen molar-refractivity contribution in [1.29, 1.82) is 0 Å². The normalized spacial score (nSPS) is 25.3. The van der Waals surface area contributed by atoms with Crippen molar-refractivity contribution in [2.75, 3.05) is 19.0 Å². The number of allylic oxidation sites excluding steroid dienone is 2. The molecule has 0 radical (unpaired) electrons. The van der Waals surface area contributed by atoms with Gasteiger partial charge in [-0.25, -0.2) is 4.58 Å². The van der Waals surface area contributed by atoms with Crippen LogP contribution < -0.4 is 20.1 Å². The number of benzene rings is 2. The number of nitrogens with zero attached hydrogens (tertiary/aromatic N) is 2. The number of Topliss-reactive ketones (excluding diaryl/α,β-unsaturated/α-hetero) is 1. The lowest BCUT2D eigenvalue weighted by Gasteiger charge is -2.29. The Morgan fingerprint density at radius 1 is 0.861 bits per heavy atom. The maximum Gasteiger partial charge on any atom is 0.211 e. The number of aliphatic hydroxyl groups is 1. The van der Waals surface area contributed by atoms with Gasteiger partial charge in [-0.3, -0.25) is 4.79 Å². The summed E-state index contributed by atoms with van der Waals surface area (Å²) in [7, 11) is 3.74. The van der Waals surface area contributed by atoms with E-state index < -0.39 is 22.4 Å². The predicted octanol–water partition coefficient (Wildman–Crippen LogP) is 2.13. The minimum Gasteiger partial charge on any atom is -0.507 e. The molecular weight excluding hydrogens is 460 g/mol. The number of phenols is 4. The summed E-state index contributed by atoms with van der Waals surface area (Å²) in [4.78, 5) is 15.4. The van der Waals surface area contributed by atoms with Gasteiger partial charge in [0.25, 0.3) is 0 Å². The topological polar surface area (TPSA) is 124 Å². The van der Waals surface area contributed by atoms with Gasteiger partial charge in [-0.1, -0.05) is 13.8 Å². The lowest BCUT2D eigenvalue weighted by atomic mass is 9.75. The summed E-state index contributed by atoms with van der Waals surface area (Å²) in [6, 6.07) is 3.01. The second kappa shape index (κ2) is 6.96. The van der Waals surface area contributed by atoms with Gasteiger partial charge >= 0.3 is 0 Å². The van der Waals surface area contributed by atoms with Crippen LogP contribution in [0.25, 0.3) is 11.1 Å². The molecule has 190 valence electrons. The Kier molecular flexibility index (Phi) is 4.65. The summed E-state index contributed by atoms with van der Waals surface area (Å²) >= 11 is 0. The fraction of sp³-hybridized carbons (Fsp3) is 0.429. The summed E-state index contributed by atoms with van der Waals surface area (Å²) in [6.45, 7) is 11.9. The molecule has 8 heteroatoms. The molecule has 5 rings (SSSR count). The van der Waals surface area contributed by atoms with Crippen LogP contribution in [0.5, 0.6) is 23.0 Å². The third-order valence-corrected chi connectivity index (χ3v) is 9.25. The molecule has 2 aromatic carbocycles. The average Bonchev–Trinajstić information content (AvgIpc) is 3.07. The molecule has 5 N–H and O–H groups in total. The van der Waals surface area contributed by atoms with Crippen molar-refractivity contribution >= 4 is 22.6 Å². The Balaban J connectivity index is 1.80. The number of aliphatic hydroxyl groups excluding tert-OH is 1. The molecule has 0 amide bonds. The number of ketones is 1. The van der Waals surface area contributed by atoms with Gasteiger partial charge in [0.2, 0.25) is 11.1 Å². The molecule has 0 aromatic heterocycles. The van der Waals surface area contributed by atoms with Crippen LogP contribution in [0.4, 0.5) is 5.69 Å². The first-order chi connectivity index (χ1) is 16.6. The Hall–Kier alpha value is -3.68. The van der Waals surface area contributed by atoms with Gasteiger partial charge in [0, 0.05) is 35.8 Å². The highest BCUT2D eigenvalue weighted by molar-refractivity contribution is 6.52. The largest absolute Gasteiger partial charge is 0.507 e. The Morgan fingerprint density at radius 3 is 2.06 bits per heavy atom. The van der Waals surface area contributed by atoms with E-state index in [1.54, 1.807) is 0 Å². The van der Waals surface area contributed by atoms with Gasteiger partial charge in [-0.05, 0) is 27.7 Å². The summed E-state index contributed by atoms with van der Waals surface area (Å²) in [5.74, 6) is -2.38. The van der Waals surface area contributed by atoms with E-state index in [-0.39, 0.29) is 57.0 Å². The first-order valence-corrected chi connectivity index (χ1v) is 12.1. The average molecular weight is 494 g/mol. The second-order valence-corrected chi connectivity index (χ2v) is 11.5. The lowest BCUT2D eigenvalue weighted by Crippen LogP contribution is -2.36. The number of carbonyl (C=O) groups excluding carboxylic acids is 1. The van der Waals surface area contributed by atoms with Gasteiger partial charge < -0.3 is 30.4 Å². The molecule has 8 nitrogen and oxygen atoms in total. The number of phenolic OH excluding ortho intramolecular Hbond substituents is 4. The quantitative estimate of drug-likeness (QED) is 0.386. The minimum atomic E-state index is -0.682. The third-order valence-electron chi connectivity index (χ3n) is 9.25. The number of hydrogen-bond acceptors (Lipinski definition) is 7. The van der Waals surface area contributed by atoms with Crippen molar-refractivity contribution in [2.24, 2.45) is 0 Å². The Labute approximate surface area is 209 Å². The zero-order valence-corrected chi connectivity index (χ0v) is 21.8. The number of likely N-dealkylation sites (N-methyl/N-ethyl adjacent to an activating group) is 2. The Bertz CT molecular complexity index is 1560. The summed E-state index contributed by atoms with van der Waals surface area (Å²) in [5.41, 5.74) is 0.187. The van der Waals surface area contributed by atoms with E-state index in [0.717, 1.165) is 0 Å². The fourth-order valence-electron chi connectivity index (χ4n) is 6.27. The highest BCUT2D eigenvalue weighted by Crippen LogP contribution is 2.55. The highest BCUT2D eigenvalue weighted by atomic mass is 16.3. The predicted molar refractivity (Wildman–Crippen MR) is 137 cm³/mol. The van der Waals surface area contributed by atoms with Crippen LogP contribution in [0.3, 0.4) is 0 Å². The number of hydrogen-bond donors (Lipinski definition) is 5. The Morgan fingerprint density at radius 2 is 1.47 bits per heavy atom. The number of fused-ring (bicyclic) bond motifs is 2. The highest BCUT2D eigenvalue weighted by Gasteiger charge is 2.49. The minimum absolute atomic E-state index is 0.0130. The molecule has 0 saturated carbocycles. The maximum absolute atomic E-state index is 13.4. The van der Waals surface area contributed by atoms with E-state index in [2.05, 4.69) is 0 Å². The van der Waals surface area contributed by atoms with Crippen LogP contribution in [0.2, 0.25) is 0 Å². The van der Waals surface area contributed by atoms with Crippen LogP contribution in [0, 0.1) is 0 Å². The van der Waals surface area contributed by atoms with E-state index in [1.807, 2.05) is 65.1 Å². The molecule has 0 bridgehead atoms. The molecule has 2 heterocycles. The van der Waals surface area contributed by atoms with Crippen molar-refractivity contribution < 1.29 is 30.3 Å². The van der Waals surface area contributed by atoms with Gasteiger partial charge in [-0.15, -0.1) is 0 Å². The SMILES string of the molecule is CC1N(C)c2cc(O)c(C3=C(O)C(=c4c(O)cc5c(c4O)C(C)(C)C(C)[N+]=5C)C3=O)c(O)c2C1(C)C. The standard InChI is InChI=1S/C28H32N2O6/c1-11-27(3,4)21-13(29(11)7)9-15(31)17(25(21)35)19-23(33)20(24(19)34)18-16(32)10-14-22(26(18)36)28(5,6)12(2)30(14)8/h9-12H,1-8H3,(H4,31,32,33,34,35,36)/p+1. The van der Waals surface area contributed by atoms with Crippen LogP contribution in [0.15, 0.2) is 17.9 Å². The lowest BCUT2D eigenvalue weighted by molar-refractivity contribution is -0.110. The molecule has 0 fully saturated rings. The van der Waals surface area contributed by atoms with Gasteiger partial charge in [0.1, 0.15) is 35.8 Å². The van der Waals surface area contributed by atoms with Crippen LogP contribution >= 0.6 is 0 Å². The van der Waals surface area contributed by atoms with Crippen molar-refractivity contribution in [3.8, 4) is 23.0 Å². The molecule has 36 heavy (non-hydrogen) atoms. The van der Waals surface area contributed by atoms with Gasteiger partial charge in [0.05, 0.1) is 39.0 Å². The fourth-order valence-corrected chi connectivity index (χ4v) is 6.27. The number of carbonyl (C=O) groups is 1. The first kappa shape index (κ1) is 24.0. The number of rotatable bonds is 1. The van der Waals surface area contributed by atoms with Crippen LogP contribution in [-0.2, 0) is 15.6 Å². The first-order valence-electron chi connectivity index (χ1n) is 12.1. The van der Waals surface area contributed by atoms with E-state index in [0.29, 0.717) is 22.2 Å². The smallest absolute Gasteiger partial charge is 0.211 e. The number of aromatic hydroxyl groups is 4. The van der Waals surface area contributed by atoms with Crippen molar-refractivity contribution in [3.63, 3.8) is 0 Å². The molecule has 2 aliphatic heterocycles. The summed E-state index contributed by atoms with van der Waals surface area (Å²) < 4.78 is 1.95. The zero-order chi connectivity index (χ0) is 26.8. The molecule has 0 saturated heterocycles. The monoisotopic (exact) mass is 493 g/mol. The van der Waals surface area contributed by atoms with Crippen molar-refractivity contribution in [3.05, 3.63) is 45.2 Å². The molecule has 2 aromatic rings. The van der Waals surface area contributed by atoms with E-state index in [1.165, 1.54) is 12.1 Å². The van der Waals surface area contributed by atoms with E-state index in [9.17, 15) is 30.3 Å².